The molecule has 1 unspecified atom stereocenters. The normalized spacial score (nSPS) is 12.8. The molecular weight excluding hydrogens is 276 g/mol. The van der Waals surface area contributed by atoms with Crippen molar-refractivity contribution < 1.29 is 18.3 Å². The molecule has 0 heterocycles. The van der Waals surface area contributed by atoms with Crippen LogP contribution in [0.3, 0.4) is 0 Å². The standard InChI is InChI=1S/C16H25F2NO2/c1-3-19-15(9-11-21-12-16(17)18)14-6-4-13(5-7-14)8-10-20-2/h4-7,15-16,19H,3,8-12H2,1-2H3. The van der Waals surface area contributed by atoms with Gasteiger partial charge in [0.15, 0.2) is 0 Å². The molecule has 0 amide bonds. The van der Waals surface area contributed by atoms with Crippen LogP contribution < -0.4 is 5.32 Å². The highest BCUT2D eigenvalue weighted by Gasteiger charge is 2.11. The van der Waals surface area contributed by atoms with Crippen LogP contribution in [0.2, 0.25) is 0 Å². The van der Waals surface area contributed by atoms with Gasteiger partial charge in [0.25, 0.3) is 6.43 Å². The SMILES string of the molecule is CCNC(CCOCC(F)F)c1ccc(CCOC)cc1. The minimum absolute atomic E-state index is 0.129. The highest BCUT2D eigenvalue weighted by atomic mass is 19.3. The minimum atomic E-state index is -2.40. The van der Waals surface area contributed by atoms with Gasteiger partial charge in [-0.05, 0) is 30.5 Å². The van der Waals surface area contributed by atoms with E-state index in [2.05, 4.69) is 29.6 Å². The topological polar surface area (TPSA) is 30.5 Å². The molecule has 1 N–H and O–H groups in total. The van der Waals surface area contributed by atoms with Crippen LogP contribution in [-0.4, -0.2) is 39.9 Å². The van der Waals surface area contributed by atoms with Crippen molar-refractivity contribution in [1.82, 2.24) is 5.32 Å². The molecule has 1 aromatic rings. The van der Waals surface area contributed by atoms with E-state index in [1.54, 1.807) is 7.11 Å². The van der Waals surface area contributed by atoms with Crippen LogP contribution in [0, 0.1) is 0 Å². The monoisotopic (exact) mass is 301 g/mol. The van der Waals surface area contributed by atoms with Gasteiger partial charge in [0.05, 0.1) is 6.61 Å². The molecule has 0 bridgehead atoms. The Hall–Kier alpha value is -1.04. The number of nitrogens with one attached hydrogen (secondary N) is 1. The molecule has 0 aromatic heterocycles. The first kappa shape index (κ1) is 18.0. The summed E-state index contributed by atoms with van der Waals surface area (Å²) in [5.74, 6) is 0. The van der Waals surface area contributed by atoms with E-state index in [-0.39, 0.29) is 6.04 Å². The maximum absolute atomic E-state index is 12.0. The first-order chi connectivity index (χ1) is 10.2. The van der Waals surface area contributed by atoms with Gasteiger partial charge in [-0.1, -0.05) is 31.2 Å². The summed E-state index contributed by atoms with van der Waals surface area (Å²) in [6, 6.07) is 8.44. The zero-order chi connectivity index (χ0) is 15.5. The third-order valence-corrected chi connectivity index (χ3v) is 3.22. The van der Waals surface area contributed by atoms with Gasteiger partial charge in [0.2, 0.25) is 0 Å². The number of halogens is 2. The molecule has 0 spiro atoms. The van der Waals surface area contributed by atoms with E-state index in [1.807, 2.05) is 6.92 Å². The lowest BCUT2D eigenvalue weighted by Gasteiger charge is -2.19. The number of benzene rings is 1. The fraction of sp³-hybridized carbons (Fsp3) is 0.625. The second kappa shape index (κ2) is 10.7. The van der Waals surface area contributed by atoms with Crippen LogP contribution in [0.15, 0.2) is 24.3 Å². The summed E-state index contributed by atoms with van der Waals surface area (Å²) < 4.78 is 34.1. The number of rotatable bonds is 11. The van der Waals surface area contributed by atoms with Crippen molar-refractivity contribution in [2.24, 2.45) is 0 Å². The molecule has 0 aliphatic carbocycles. The Morgan fingerprint density at radius 3 is 2.43 bits per heavy atom. The van der Waals surface area contributed by atoms with Crippen LogP contribution in [0.5, 0.6) is 0 Å². The maximum atomic E-state index is 12.0. The van der Waals surface area contributed by atoms with E-state index in [0.29, 0.717) is 19.6 Å². The van der Waals surface area contributed by atoms with E-state index in [9.17, 15) is 8.78 Å². The molecule has 0 saturated heterocycles. The van der Waals surface area contributed by atoms with Gasteiger partial charge in [-0.15, -0.1) is 0 Å². The van der Waals surface area contributed by atoms with Gasteiger partial charge in [-0.3, -0.25) is 0 Å². The fourth-order valence-corrected chi connectivity index (χ4v) is 2.14. The van der Waals surface area contributed by atoms with Crippen molar-refractivity contribution in [2.75, 3.05) is 33.5 Å². The lowest BCUT2D eigenvalue weighted by atomic mass is 10.0. The third kappa shape index (κ3) is 7.50. The van der Waals surface area contributed by atoms with Crippen molar-refractivity contribution in [2.45, 2.75) is 32.2 Å². The van der Waals surface area contributed by atoms with Crippen LogP contribution >= 0.6 is 0 Å². The van der Waals surface area contributed by atoms with E-state index in [0.717, 1.165) is 18.5 Å². The van der Waals surface area contributed by atoms with E-state index >= 15 is 0 Å². The van der Waals surface area contributed by atoms with Crippen LogP contribution in [0.4, 0.5) is 8.78 Å². The molecule has 0 radical (unpaired) electrons. The van der Waals surface area contributed by atoms with Gasteiger partial charge >= 0.3 is 0 Å². The number of hydrogen-bond acceptors (Lipinski definition) is 3. The summed E-state index contributed by atoms with van der Waals surface area (Å²) in [5, 5.41) is 3.36. The molecule has 0 aliphatic heterocycles. The average Bonchev–Trinajstić information content (AvgIpc) is 2.48. The van der Waals surface area contributed by atoms with Crippen molar-refractivity contribution >= 4 is 0 Å². The first-order valence-electron chi connectivity index (χ1n) is 7.34. The van der Waals surface area contributed by atoms with Crippen molar-refractivity contribution in [1.29, 1.82) is 0 Å². The van der Waals surface area contributed by atoms with Crippen LogP contribution in [0.1, 0.15) is 30.5 Å². The summed E-state index contributed by atoms with van der Waals surface area (Å²) in [4.78, 5) is 0. The average molecular weight is 301 g/mol. The molecule has 0 aliphatic rings. The van der Waals surface area contributed by atoms with Gasteiger partial charge < -0.3 is 14.8 Å². The Balaban J connectivity index is 2.50. The van der Waals surface area contributed by atoms with Gasteiger partial charge in [-0.25, -0.2) is 8.78 Å². The second-order valence-corrected chi connectivity index (χ2v) is 4.85. The van der Waals surface area contributed by atoms with E-state index in [4.69, 9.17) is 9.47 Å². The largest absolute Gasteiger partial charge is 0.384 e. The molecule has 21 heavy (non-hydrogen) atoms. The van der Waals surface area contributed by atoms with Gasteiger partial charge in [0.1, 0.15) is 6.61 Å². The summed E-state index contributed by atoms with van der Waals surface area (Å²) in [6.07, 6.45) is -0.833. The molecule has 5 heteroatoms. The van der Waals surface area contributed by atoms with Crippen LogP contribution in [-0.2, 0) is 15.9 Å². The smallest absolute Gasteiger partial charge is 0.261 e. The highest BCUT2D eigenvalue weighted by molar-refractivity contribution is 5.25. The molecule has 120 valence electrons. The number of hydrogen-bond donors (Lipinski definition) is 1. The van der Waals surface area contributed by atoms with Crippen molar-refractivity contribution in [3.63, 3.8) is 0 Å². The summed E-state index contributed by atoms with van der Waals surface area (Å²) >= 11 is 0. The highest BCUT2D eigenvalue weighted by Crippen LogP contribution is 2.18. The number of alkyl halides is 2. The maximum Gasteiger partial charge on any atom is 0.261 e. The summed E-state index contributed by atoms with van der Waals surface area (Å²) in [6.45, 7) is 3.39. The van der Waals surface area contributed by atoms with Gasteiger partial charge in [-0.2, -0.15) is 0 Å². The molecule has 0 saturated carbocycles. The Morgan fingerprint density at radius 2 is 1.86 bits per heavy atom. The molecule has 1 aromatic carbocycles. The Bertz CT molecular complexity index is 371. The zero-order valence-electron chi connectivity index (χ0n) is 12.8. The lowest BCUT2D eigenvalue weighted by molar-refractivity contribution is 0.0144. The minimum Gasteiger partial charge on any atom is -0.384 e. The predicted octanol–water partition coefficient (Wildman–Crippen LogP) is 3.20. The quantitative estimate of drug-likeness (QED) is 0.637. The third-order valence-electron chi connectivity index (χ3n) is 3.22. The summed E-state index contributed by atoms with van der Waals surface area (Å²) in [5.41, 5.74) is 2.38. The zero-order valence-corrected chi connectivity index (χ0v) is 12.8. The Morgan fingerprint density at radius 1 is 1.14 bits per heavy atom. The lowest BCUT2D eigenvalue weighted by Crippen LogP contribution is -2.22. The summed E-state index contributed by atoms with van der Waals surface area (Å²) in [7, 11) is 1.69. The fourth-order valence-electron chi connectivity index (χ4n) is 2.14. The molecule has 0 fully saturated rings. The van der Waals surface area contributed by atoms with E-state index in [1.165, 1.54) is 5.56 Å². The molecular formula is C16H25F2NO2. The second-order valence-electron chi connectivity index (χ2n) is 4.85. The first-order valence-corrected chi connectivity index (χ1v) is 7.34. The molecule has 1 atom stereocenters. The van der Waals surface area contributed by atoms with Gasteiger partial charge in [0, 0.05) is 19.8 Å². The molecule has 3 nitrogen and oxygen atoms in total. The Labute approximate surface area is 125 Å². The molecule has 1 rings (SSSR count). The Kier molecular flexibility index (Phi) is 9.14. The number of methoxy groups -OCH3 is 1. The predicted molar refractivity (Wildman–Crippen MR) is 79.9 cm³/mol. The number of ether oxygens (including phenoxy) is 2. The van der Waals surface area contributed by atoms with Crippen molar-refractivity contribution in [3.8, 4) is 0 Å². The van der Waals surface area contributed by atoms with Crippen LogP contribution in [0.25, 0.3) is 0 Å². The van der Waals surface area contributed by atoms with Crippen molar-refractivity contribution in [3.05, 3.63) is 35.4 Å². The van der Waals surface area contributed by atoms with E-state index < -0.39 is 13.0 Å².